The first-order valence-corrected chi connectivity index (χ1v) is 10.3. The Morgan fingerprint density at radius 2 is 1.75 bits per heavy atom. The first-order valence-electron chi connectivity index (χ1n) is 8.39. The average molecular weight is 352 g/mol. The summed E-state index contributed by atoms with van der Waals surface area (Å²) in [7, 11) is -2.62. The summed E-state index contributed by atoms with van der Waals surface area (Å²) in [4.78, 5) is 14.4. The van der Waals surface area contributed by atoms with E-state index in [1.165, 1.54) is 6.07 Å². The number of amides is 1. The van der Waals surface area contributed by atoms with Crippen LogP contribution in [-0.2, 0) is 13.3 Å². The van der Waals surface area contributed by atoms with E-state index in [2.05, 4.69) is 10.2 Å². The smallest absolute Gasteiger partial charge is 0.501 e. The summed E-state index contributed by atoms with van der Waals surface area (Å²) < 4.78 is 17.9. The van der Waals surface area contributed by atoms with Gasteiger partial charge in [0.15, 0.2) is 0 Å². The zero-order chi connectivity index (χ0) is 16.8. The standard InChI is InChI=1S/C16H24N2O5Si/c19-15-5-2-1-4-14(15)16(20)17-6-3-13-24-21-10-7-18(8-11-22-24)9-12-23-24/h1-2,4-5,19H,3,6-13H2,(H,17,20). The number of carbonyl (C=O) groups excluding carboxylic acids is 1. The Labute approximate surface area is 142 Å². The van der Waals surface area contributed by atoms with Crippen molar-refractivity contribution >= 4 is 14.7 Å². The number of phenolic OH excluding ortho intramolecular Hbond substituents is 1. The molecule has 3 heterocycles. The van der Waals surface area contributed by atoms with Gasteiger partial charge in [0.2, 0.25) is 0 Å². The second-order valence-corrected chi connectivity index (χ2v) is 8.68. The summed E-state index contributed by atoms with van der Waals surface area (Å²) in [5, 5.41) is 12.5. The molecule has 4 rings (SSSR count). The van der Waals surface area contributed by atoms with Gasteiger partial charge < -0.3 is 23.7 Å². The minimum Gasteiger partial charge on any atom is -0.507 e. The van der Waals surface area contributed by atoms with Crippen LogP contribution in [0.5, 0.6) is 5.75 Å². The average Bonchev–Trinajstić information content (AvgIpc) is 2.52. The third-order valence-electron chi connectivity index (χ3n) is 4.28. The molecule has 0 atom stereocenters. The number of rotatable bonds is 5. The van der Waals surface area contributed by atoms with Crippen molar-refractivity contribution in [3.05, 3.63) is 29.8 Å². The van der Waals surface area contributed by atoms with Gasteiger partial charge in [0.05, 0.1) is 25.4 Å². The van der Waals surface area contributed by atoms with Crippen LogP contribution in [0.4, 0.5) is 0 Å². The highest BCUT2D eigenvalue weighted by atomic mass is 28.4. The maximum Gasteiger partial charge on any atom is 0.501 e. The van der Waals surface area contributed by atoms with Crippen LogP contribution in [0, 0.1) is 0 Å². The molecule has 3 fully saturated rings. The van der Waals surface area contributed by atoms with Crippen molar-refractivity contribution in [1.82, 2.24) is 10.2 Å². The number of benzene rings is 1. The van der Waals surface area contributed by atoms with Gasteiger partial charge in [-0.15, -0.1) is 0 Å². The maximum absolute atomic E-state index is 12.1. The molecular weight excluding hydrogens is 328 g/mol. The molecule has 3 aliphatic heterocycles. The van der Waals surface area contributed by atoms with E-state index in [0.717, 1.165) is 26.1 Å². The van der Waals surface area contributed by atoms with E-state index in [1.54, 1.807) is 18.2 Å². The van der Waals surface area contributed by atoms with Crippen LogP contribution in [0.25, 0.3) is 0 Å². The Hall–Kier alpha value is -1.45. The highest BCUT2D eigenvalue weighted by Crippen LogP contribution is 2.21. The van der Waals surface area contributed by atoms with Gasteiger partial charge in [-0.2, -0.15) is 0 Å². The summed E-state index contributed by atoms with van der Waals surface area (Å²) >= 11 is 0. The lowest BCUT2D eigenvalue weighted by molar-refractivity contribution is -0.00851. The zero-order valence-electron chi connectivity index (χ0n) is 13.7. The Morgan fingerprint density at radius 3 is 2.38 bits per heavy atom. The van der Waals surface area contributed by atoms with Gasteiger partial charge in [-0.1, -0.05) is 12.1 Å². The number of phenols is 1. The number of hydrogen-bond acceptors (Lipinski definition) is 6. The summed E-state index contributed by atoms with van der Waals surface area (Å²) in [6, 6.07) is 7.20. The number of nitrogens with zero attached hydrogens (tertiary/aromatic N) is 1. The summed E-state index contributed by atoms with van der Waals surface area (Å²) in [6.07, 6.45) is 0.718. The third-order valence-corrected chi connectivity index (χ3v) is 7.18. The summed E-state index contributed by atoms with van der Waals surface area (Å²) in [5.74, 6) is -0.288. The van der Waals surface area contributed by atoms with E-state index in [1.807, 2.05) is 0 Å². The number of aromatic hydroxyl groups is 1. The third kappa shape index (κ3) is 4.34. The van der Waals surface area contributed by atoms with Crippen LogP contribution in [0.1, 0.15) is 16.8 Å². The van der Waals surface area contributed by atoms with Crippen LogP contribution in [0.2, 0.25) is 6.04 Å². The molecule has 0 unspecified atom stereocenters. The molecule has 0 saturated carbocycles. The van der Waals surface area contributed by atoms with Gasteiger partial charge in [-0.3, -0.25) is 9.69 Å². The van der Waals surface area contributed by atoms with Crippen molar-refractivity contribution in [1.29, 1.82) is 0 Å². The topological polar surface area (TPSA) is 80.3 Å². The summed E-state index contributed by atoms with van der Waals surface area (Å²) in [5.41, 5.74) is 0.286. The minimum absolute atomic E-state index is 0.0115. The normalized spacial score (nSPS) is 27.1. The molecule has 0 aliphatic carbocycles. The molecule has 24 heavy (non-hydrogen) atoms. The Morgan fingerprint density at radius 1 is 1.12 bits per heavy atom. The van der Waals surface area contributed by atoms with Gasteiger partial charge in [0.1, 0.15) is 5.75 Å². The molecule has 132 valence electrons. The van der Waals surface area contributed by atoms with Crippen molar-refractivity contribution in [2.24, 2.45) is 0 Å². The first kappa shape index (κ1) is 17.4. The largest absolute Gasteiger partial charge is 0.507 e. The number of para-hydroxylation sites is 1. The molecule has 1 amide bonds. The van der Waals surface area contributed by atoms with E-state index in [4.69, 9.17) is 13.3 Å². The quantitative estimate of drug-likeness (QED) is 0.604. The van der Waals surface area contributed by atoms with Crippen LogP contribution in [-0.4, -0.2) is 70.7 Å². The molecule has 0 aromatic heterocycles. The number of fused-ring (bicyclic) bond motifs is 6. The molecule has 2 bridgehead atoms. The van der Waals surface area contributed by atoms with Crippen molar-refractivity contribution in [2.45, 2.75) is 12.5 Å². The maximum atomic E-state index is 12.1. The number of hydrogen-bond donors (Lipinski definition) is 2. The fraction of sp³-hybridized carbons (Fsp3) is 0.562. The van der Waals surface area contributed by atoms with E-state index in [9.17, 15) is 9.90 Å². The van der Waals surface area contributed by atoms with E-state index in [-0.39, 0.29) is 17.2 Å². The molecule has 7 nitrogen and oxygen atoms in total. The second-order valence-electron chi connectivity index (χ2n) is 5.95. The molecule has 3 saturated heterocycles. The van der Waals surface area contributed by atoms with E-state index < -0.39 is 8.80 Å². The van der Waals surface area contributed by atoms with Crippen LogP contribution in [0.3, 0.4) is 0 Å². The lowest BCUT2D eigenvalue weighted by Gasteiger charge is -2.38. The van der Waals surface area contributed by atoms with Crippen LogP contribution >= 0.6 is 0 Å². The molecule has 1 aromatic carbocycles. The Balaban J connectivity index is 1.48. The molecule has 8 heteroatoms. The van der Waals surface area contributed by atoms with Gasteiger partial charge in [0, 0.05) is 32.2 Å². The van der Waals surface area contributed by atoms with Crippen molar-refractivity contribution in [3.8, 4) is 5.75 Å². The molecule has 1 aromatic rings. The molecule has 3 aliphatic rings. The van der Waals surface area contributed by atoms with Gasteiger partial charge in [0.25, 0.3) is 5.91 Å². The fourth-order valence-electron chi connectivity index (χ4n) is 2.94. The Bertz CT molecular complexity index is 545. The molecule has 0 radical (unpaired) electrons. The molecule has 2 N–H and O–H groups in total. The van der Waals surface area contributed by atoms with Gasteiger partial charge in [-0.25, -0.2) is 0 Å². The van der Waals surface area contributed by atoms with Crippen molar-refractivity contribution < 1.29 is 23.2 Å². The first-order chi connectivity index (χ1) is 11.7. The molecular formula is C16H24N2O5Si. The predicted octanol–water partition coefficient (Wildman–Crippen LogP) is 0.830. The minimum atomic E-state index is -2.62. The van der Waals surface area contributed by atoms with Gasteiger partial charge >= 0.3 is 8.80 Å². The second kappa shape index (κ2) is 8.08. The van der Waals surface area contributed by atoms with Crippen molar-refractivity contribution in [3.63, 3.8) is 0 Å². The highest BCUT2D eigenvalue weighted by Gasteiger charge is 2.43. The number of carbonyl (C=O) groups is 1. The highest BCUT2D eigenvalue weighted by molar-refractivity contribution is 6.60. The van der Waals surface area contributed by atoms with Gasteiger partial charge in [-0.05, 0) is 18.6 Å². The zero-order valence-corrected chi connectivity index (χ0v) is 14.7. The fourth-order valence-corrected chi connectivity index (χ4v) is 5.44. The van der Waals surface area contributed by atoms with Crippen LogP contribution < -0.4 is 5.32 Å². The monoisotopic (exact) mass is 352 g/mol. The number of nitrogens with one attached hydrogen (secondary N) is 1. The van der Waals surface area contributed by atoms with E-state index in [0.29, 0.717) is 32.4 Å². The Kier molecular flexibility index (Phi) is 5.85. The lowest BCUT2D eigenvalue weighted by atomic mass is 10.2. The molecule has 0 spiro atoms. The van der Waals surface area contributed by atoms with Crippen molar-refractivity contribution in [2.75, 3.05) is 46.0 Å². The van der Waals surface area contributed by atoms with E-state index >= 15 is 0 Å². The predicted molar refractivity (Wildman–Crippen MR) is 89.9 cm³/mol. The van der Waals surface area contributed by atoms with Crippen LogP contribution in [0.15, 0.2) is 24.3 Å². The lowest BCUT2D eigenvalue weighted by Crippen LogP contribution is -2.55. The summed E-state index contributed by atoms with van der Waals surface area (Å²) in [6.45, 7) is 5.16. The SMILES string of the molecule is O=C(NCCC[Si]12OCCN(CCO1)CCO2)c1ccccc1O.